The first kappa shape index (κ1) is 13.8. The zero-order valence-electron chi connectivity index (χ0n) is 10.3. The lowest BCUT2D eigenvalue weighted by atomic mass is 10.2. The highest BCUT2D eigenvalue weighted by molar-refractivity contribution is 6.31. The van der Waals surface area contributed by atoms with Crippen molar-refractivity contribution in [2.45, 2.75) is 26.2 Å². The lowest BCUT2D eigenvalue weighted by Crippen LogP contribution is -2.24. The van der Waals surface area contributed by atoms with Crippen molar-refractivity contribution in [3.05, 3.63) is 28.8 Å². The average molecular weight is 256 g/mol. The van der Waals surface area contributed by atoms with Crippen LogP contribution in [0.15, 0.2) is 18.2 Å². The second-order valence-electron chi connectivity index (χ2n) is 3.81. The fourth-order valence-corrected chi connectivity index (χ4v) is 1.70. The van der Waals surface area contributed by atoms with Gasteiger partial charge in [0.2, 0.25) is 0 Å². The van der Waals surface area contributed by atoms with Crippen molar-refractivity contribution >= 4 is 17.5 Å². The van der Waals surface area contributed by atoms with Crippen LogP contribution >= 0.6 is 11.6 Å². The van der Waals surface area contributed by atoms with Crippen LogP contribution in [0, 0.1) is 0 Å². The standard InChI is InChI=1S/C13H18ClNO2/c1-3-4-5-8-15-13(16)11-9-10(14)6-7-12(11)17-2/h6-7,9H,3-5,8H2,1-2H3,(H,15,16). The van der Waals surface area contributed by atoms with Gasteiger partial charge in [-0.15, -0.1) is 0 Å². The molecule has 0 saturated carbocycles. The summed E-state index contributed by atoms with van der Waals surface area (Å²) in [6.45, 7) is 2.81. The van der Waals surface area contributed by atoms with Crippen molar-refractivity contribution in [1.29, 1.82) is 0 Å². The summed E-state index contributed by atoms with van der Waals surface area (Å²) < 4.78 is 5.13. The highest BCUT2D eigenvalue weighted by Gasteiger charge is 2.11. The van der Waals surface area contributed by atoms with Crippen molar-refractivity contribution < 1.29 is 9.53 Å². The monoisotopic (exact) mass is 255 g/mol. The number of methoxy groups -OCH3 is 1. The molecule has 0 atom stereocenters. The smallest absolute Gasteiger partial charge is 0.255 e. The number of unbranched alkanes of at least 4 members (excludes halogenated alkanes) is 2. The lowest BCUT2D eigenvalue weighted by Gasteiger charge is -2.09. The first-order chi connectivity index (χ1) is 8.19. The molecule has 1 aromatic carbocycles. The third-order valence-electron chi connectivity index (χ3n) is 2.47. The summed E-state index contributed by atoms with van der Waals surface area (Å²) >= 11 is 5.87. The molecule has 0 spiro atoms. The van der Waals surface area contributed by atoms with Gasteiger partial charge < -0.3 is 10.1 Å². The molecule has 0 bridgehead atoms. The van der Waals surface area contributed by atoms with Crippen LogP contribution in [-0.2, 0) is 0 Å². The van der Waals surface area contributed by atoms with Gasteiger partial charge in [-0.05, 0) is 24.6 Å². The van der Waals surface area contributed by atoms with E-state index in [1.807, 2.05) is 0 Å². The molecule has 1 N–H and O–H groups in total. The minimum Gasteiger partial charge on any atom is -0.496 e. The Balaban J connectivity index is 2.64. The van der Waals surface area contributed by atoms with Gasteiger partial charge in [0.1, 0.15) is 5.75 Å². The van der Waals surface area contributed by atoms with Gasteiger partial charge in [-0.2, -0.15) is 0 Å². The number of amides is 1. The van der Waals surface area contributed by atoms with E-state index < -0.39 is 0 Å². The molecule has 0 heterocycles. The molecule has 0 fully saturated rings. The van der Waals surface area contributed by atoms with Gasteiger partial charge in [0.25, 0.3) is 5.91 Å². The fraction of sp³-hybridized carbons (Fsp3) is 0.462. The Labute approximate surface area is 107 Å². The van der Waals surface area contributed by atoms with Crippen LogP contribution in [0.1, 0.15) is 36.5 Å². The molecule has 0 aliphatic carbocycles. The van der Waals surface area contributed by atoms with Gasteiger partial charge in [0.15, 0.2) is 0 Å². The Hall–Kier alpha value is -1.22. The average Bonchev–Trinajstić information content (AvgIpc) is 2.34. The van der Waals surface area contributed by atoms with E-state index in [0.717, 1.165) is 19.3 Å². The highest BCUT2D eigenvalue weighted by Crippen LogP contribution is 2.22. The van der Waals surface area contributed by atoms with Crippen LogP contribution in [0.2, 0.25) is 5.02 Å². The summed E-state index contributed by atoms with van der Waals surface area (Å²) in [6.07, 6.45) is 3.24. The number of carbonyl (C=O) groups is 1. The molecule has 0 aliphatic rings. The summed E-state index contributed by atoms with van der Waals surface area (Å²) in [6, 6.07) is 5.02. The van der Waals surface area contributed by atoms with E-state index in [-0.39, 0.29) is 5.91 Å². The maximum absolute atomic E-state index is 11.9. The molecule has 0 radical (unpaired) electrons. The van der Waals surface area contributed by atoms with E-state index in [2.05, 4.69) is 12.2 Å². The first-order valence-electron chi connectivity index (χ1n) is 5.80. The van der Waals surface area contributed by atoms with Crippen LogP contribution < -0.4 is 10.1 Å². The molecule has 0 unspecified atom stereocenters. The number of nitrogens with one attached hydrogen (secondary N) is 1. The van der Waals surface area contributed by atoms with Crippen molar-refractivity contribution in [3.63, 3.8) is 0 Å². The maximum atomic E-state index is 11.9. The van der Waals surface area contributed by atoms with E-state index in [1.165, 1.54) is 7.11 Å². The zero-order valence-corrected chi connectivity index (χ0v) is 11.0. The van der Waals surface area contributed by atoms with E-state index in [1.54, 1.807) is 18.2 Å². The van der Waals surface area contributed by atoms with Gasteiger partial charge in [-0.3, -0.25) is 4.79 Å². The Morgan fingerprint density at radius 2 is 2.18 bits per heavy atom. The predicted molar refractivity (Wildman–Crippen MR) is 69.9 cm³/mol. The van der Waals surface area contributed by atoms with E-state index >= 15 is 0 Å². The van der Waals surface area contributed by atoms with E-state index in [4.69, 9.17) is 16.3 Å². The van der Waals surface area contributed by atoms with Crippen LogP contribution in [0.4, 0.5) is 0 Å². The van der Waals surface area contributed by atoms with Crippen LogP contribution in [0.5, 0.6) is 5.75 Å². The minimum atomic E-state index is -0.138. The van der Waals surface area contributed by atoms with Gasteiger partial charge in [0, 0.05) is 11.6 Å². The van der Waals surface area contributed by atoms with Crippen molar-refractivity contribution in [2.75, 3.05) is 13.7 Å². The normalized spacial score (nSPS) is 10.1. The van der Waals surface area contributed by atoms with E-state index in [9.17, 15) is 4.79 Å². The van der Waals surface area contributed by atoms with Gasteiger partial charge in [0.05, 0.1) is 12.7 Å². The van der Waals surface area contributed by atoms with Gasteiger partial charge in [-0.25, -0.2) is 0 Å². The van der Waals surface area contributed by atoms with Crippen LogP contribution in [-0.4, -0.2) is 19.6 Å². The van der Waals surface area contributed by atoms with Crippen LogP contribution in [0.25, 0.3) is 0 Å². The first-order valence-corrected chi connectivity index (χ1v) is 6.18. The molecule has 1 amide bonds. The SMILES string of the molecule is CCCCCNC(=O)c1cc(Cl)ccc1OC. The molecular formula is C13H18ClNO2. The molecule has 1 aromatic rings. The number of hydrogen-bond acceptors (Lipinski definition) is 2. The Kier molecular flexibility index (Phi) is 5.84. The van der Waals surface area contributed by atoms with Crippen LogP contribution in [0.3, 0.4) is 0 Å². The summed E-state index contributed by atoms with van der Waals surface area (Å²) in [5.74, 6) is 0.405. The predicted octanol–water partition coefficient (Wildman–Crippen LogP) is 3.27. The Morgan fingerprint density at radius 1 is 1.41 bits per heavy atom. The summed E-state index contributed by atoms with van der Waals surface area (Å²) in [7, 11) is 1.54. The molecule has 1 rings (SSSR count). The second-order valence-corrected chi connectivity index (χ2v) is 4.24. The molecule has 0 saturated heterocycles. The minimum absolute atomic E-state index is 0.138. The van der Waals surface area contributed by atoms with Crippen molar-refractivity contribution in [1.82, 2.24) is 5.32 Å². The number of benzene rings is 1. The van der Waals surface area contributed by atoms with Crippen molar-refractivity contribution in [2.24, 2.45) is 0 Å². The number of rotatable bonds is 6. The van der Waals surface area contributed by atoms with Gasteiger partial charge >= 0.3 is 0 Å². The molecule has 4 heteroatoms. The fourth-order valence-electron chi connectivity index (χ4n) is 1.53. The zero-order chi connectivity index (χ0) is 12.7. The molecule has 0 aliphatic heterocycles. The van der Waals surface area contributed by atoms with Gasteiger partial charge in [-0.1, -0.05) is 31.4 Å². The second kappa shape index (κ2) is 7.17. The Bertz CT molecular complexity index is 380. The summed E-state index contributed by atoms with van der Waals surface area (Å²) in [4.78, 5) is 11.9. The molecule has 17 heavy (non-hydrogen) atoms. The third kappa shape index (κ3) is 4.27. The third-order valence-corrected chi connectivity index (χ3v) is 2.71. The topological polar surface area (TPSA) is 38.3 Å². The molecule has 0 aromatic heterocycles. The van der Waals surface area contributed by atoms with Crippen molar-refractivity contribution in [3.8, 4) is 5.75 Å². The maximum Gasteiger partial charge on any atom is 0.255 e. The quantitative estimate of drug-likeness (QED) is 0.793. The summed E-state index contributed by atoms with van der Waals surface area (Å²) in [5.41, 5.74) is 0.483. The van der Waals surface area contributed by atoms with E-state index in [0.29, 0.717) is 22.9 Å². The number of halogens is 1. The Morgan fingerprint density at radius 3 is 2.82 bits per heavy atom. The number of carbonyl (C=O) groups excluding carboxylic acids is 1. The number of hydrogen-bond donors (Lipinski definition) is 1. The highest BCUT2D eigenvalue weighted by atomic mass is 35.5. The molecule has 3 nitrogen and oxygen atoms in total. The lowest BCUT2D eigenvalue weighted by molar-refractivity contribution is 0.0950. The summed E-state index contributed by atoms with van der Waals surface area (Å²) in [5, 5.41) is 3.39. The molecule has 94 valence electrons. The largest absolute Gasteiger partial charge is 0.496 e. The molecular weight excluding hydrogens is 238 g/mol. The number of ether oxygens (including phenoxy) is 1.